The van der Waals surface area contributed by atoms with Gasteiger partial charge in [0.25, 0.3) is 5.91 Å². The van der Waals surface area contributed by atoms with Gasteiger partial charge in [-0.1, -0.05) is 47.7 Å². The fourth-order valence-electron chi connectivity index (χ4n) is 4.71. The van der Waals surface area contributed by atoms with E-state index in [2.05, 4.69) is 31.2 Å². The Morgan fingerprint density at radius 2 is 1.82 bits per heavy atom. The molecule has 14 heteroatoms. The molecule has 0 aliphatic heterocycles. The number of aliphatic imine (C=N–C) groups is 1. The van der Waals surface area contributed by atoms with E-state index in [-0.39, 0.29) is 27.5 Å². The first kappa shape index (κ1) is 30.4. The number of nitrogens with zero attached hydrogens (tertiary/aromatic N) is 4. The zero-order valence-corrected chi connectivity index (χ0v) is 23.9. The van der Waals surface area contributed by atoms with Gasteiger partial charge < -0.3 is 10.5 Å². The van der Waals surface area contributed by atoms with Gasteiger partial charge in [0, 0.05) is 11.3 Å². The van der Waals surface area contributed by atoms with Crippen molar-refractivity contribution >= 4 is 55.8 Å². The minimum absolute atomic E-state index is 0.0864. The van der Waals surface area contributed by atoms with Crippen molar-refractivity contribution in [2.75, 3.05) is 10.2 Å². The van der Waals surface area contributed by atoms with Crippen molar-refractivity contribution in [3.63, 3.8) is 0 Å². The summed E-state index contributed by atoms with van der Waals surface area (Å²) in [6.07, 6.45) is 1.64. The predicted octanol–water partition coefficient (Wildman–Crippen LogP) is 7.88. The van der Waals surface area contributed by atoms with Crippen molar-refractivity contribution < 1.29 is 27.5 Å². The Morgan fingerprint density at radius 1 is 1.07 bits per heavy atom. The van der Waals surface area contributed by atoms with Crippen LogP contribution in [0.4, 0.5) is 28.8 Å². The van der Waals surface area contributed by atoms with E-state index in [1.807, 2.05) is 24.3 Å². The van der Waals surface area contributed by atoms with Gasteiger partial charge >= 0.3 is 12.4 Å². The normalized spacial score (nSPS) is 13.7. The lowest BCUT2D eigenvalue weighted by Gasteiger charge is -2.23. The first-order valence-electron chi connectivity index (χ1n) is 13.5. The third-order valence-corrected chi connectivity index (χ3v) is 7.78. The lowest BCUT2D eigenvalue weighted by molar-refractivity contribution is -0.274. The van der Waals surface area contributed by atoms with Crippen LogP contribution >= 0.6 is 11.3 Å². The van der Waals surface area contributed by atoms with Gasteiger partial charge in [0.2, 0.25) is 5.96 Å². The SMILES string of the molecule is N=NC(N)=NC(=O)c1ccc(CN(C(=O)Nc2nc3cccc(OC(F)(F)F)c3s2)c2ccc(C3=CCCCC3)cc2)cc1. The smallest absolute Gasteiger partial charge is 0.404 e. The van der Waals surface area contributed by atoms with Crippen molar-refractivity contribution in [3.8, 4) is 5.75 Å². The Balaban J connectivity index is 1.42. The number of aromatic nitrogens is 1. The monoisotopic (exact) mass is 621 g/mol. The van der Waals surface area contributed by atoms with Crippen molar-refractivity contribution in [1.82, 2.24) is 4.98 Å². The number of alkyl halides is 3. The van der Waals surface area contributed by atoms with E-state index < -0.39 is 30.0 Å². The first-order valence-corrected chi connectivity index (χ1v) is 14.3. The second-order valence-corrected chi connectivity index (χ2v) is 10.8. The summed E-state index contributed by atoms with van der Waals surface area (Å²) in [6, 6.07) is 17.4. The van der Waals surface area contributed by atoms with Gasteiger partial charge in [-0.3, -0.25) is 15.0 Å². The number of benzene rings is 3. The summed E-state index contributed by atoms with van der Waals surface area (Å²) in [5, 5.41) is 5.71. The van der Waals surface area contributed by atoms with E-state index in [1.165, 1.54) is 40.8 Å². The van der Waals surface area contributed by atoms with Crippen LogP contribution in [-0.2, 0) is 6.54 Å². The molecule has 3 amide bonds. The average Bonchev–Trinajstić information content (AvgIpc) is 3.43. The van der Waals surface area contributed by atoms with Crippen LogP contribution in [-0.4, -0.2) is 29.2 Å². The molecule has 1 heterocycles. The number of ether oxygens (including phenoxy) is 1. The standard InChI is InChI=1S/C30H26F3N7O3S/c31-30(32,33)43-24-8-4-7-23-25(24)44-28(36-23)38-29(42)40(22-15-13-20(14-16-22)19-5-2-1-3-6-19)17-18-9-11-21(12-10-18)26(41)37-27(34)39-35/h4-5,7-16,35H,1-3,6,17H2,(H2,34,37,41)(H,36,38,42). The fourth-order valence-corrected chi connectivity index (χ4v) is 5.61. The molecule has 44 heavy (non-hydrogen) atoms. The van der Waals surface area contributed by atoms with Crippen LogP contribution in [0.25, 0.3) is 15.8 Å². The molecule has 4 N–H and O–H groups in total. The van der Waals surface area contributed by atoms with Gasteiger partial charge in [0.05, 0.1) is 16.8 Å². The first-order chi connectivity index (χ1) is 21.1. The molecular formula is C30H26F3N7O3S. The Morgan fingerprint density at radius 3 is 2.48 bits per heavy atom. The van der Waals surface area contributed by atoms with E-state index >= 15 is 0 Å². The highest BCUT2D eigenvalue weighted by Crippen LogP contribution is 2.37. The number of carbonyl (C=O) groups excluding carboxylic acids is 2. The van der Waals surface area contributed by atoms with Crippen LogP contribution in [0.15, 0.2) is 82.9 Å². The Hall–Kier alpha value is -5.11. The number of thiazole rings is 1. The van der Waals surface area contributed by atoms with Gasteiger partial charge in [-0.15, -0.1) is 18.3 Å². The number of amides is 3. The average molecular weight is 622 g/mol. The molecule has 0 saturated heterocycles. The van der Waals surface area contributed by atoms with Crippen LogP contribution < -0.4 is 20.7 Å². The van der Waals surface area contributed by atoms with E-state index in [4.69, 9.17) is 11.3 Å². The zero-order chi connectivity index (χ0) is 31.3. The third-order valence-electron chi connectivity index (χ3n) is 6.78. The molecule has 4 aromatic rings. The number of carbonyl (C=O) groups is 2. The predicted molar refractivity (Wildman–Crippen MR) is 162 cm³/mol. The van der Waals surface area contributed by atoms with E-state index in [1.54, 1.807) is 12.1 Å². The number of urea groups is 1. The van der Waals surface area contributed by atoms with E-state index in [9.17, 15) is 22.8 Å². The number of allylic oxidation sites excluding steroid dienone is 2. The van der Waals surface area contributed by atoms with E-state index in [0.717, 1.165) is 42.6 Å². The van der Waals surface area contributed by atoms with Gasteiger partial charge in [0.1, 0.15) is 5.75 Å². The summed E-state index contributed by atoms with van der Waals surface area (Å²) in [6.45, 7) is 0.0864. The topological polar surface area (TPSA) is 146 Å². The van der Waals surface area contributed by atoms with Crippen LogP contribution in [0.3, 0.4) is 0 Å². The van der Waals surface area contributed by atoms with Crippen LogP contribution in [0.1, 0.15) is 47.2 Å². The maximum Gasteiger partial charge on any atom is 0.573 e. The summed E-state index contributed by atoms with van der Waals surface area (Å²) in [5.74, 6) is -1.55. The number of hydrogen-bond donors (Lipinski definition) is 3. The van der Waals surface area contributed by atoms with Crippen LogP contribution in [0.2, 0.25) is 0 Å². The van der Waals surface area contributed by atoms with Crippen molar-refractivity contribution in [2.24, 2.45) is 15.8 Å². The van der Waals surface area contributed by atoms with Crippen molar-refractivity contribution in [1.29, 1.82) is 5.53 Å². The molecule has 1 aromatic heterocycles. The molecule has 0 spiro atoms. The Kier molecular flexibility index (Phi) is 8.99. The molecule has 1 aliphatic rings. The van der Waals surface area contributed by atoms with Gasteiger partial charge in [-0.25, -0.2) is 15.3 Å². The molecule has 0 bridgehead atoms. The number of hydrogen-bond acceptors (Lipinski definition) is 6. The maximum atomic E-state index is 13.7. The van der Waals surface area contributed by atoms with Gasteiger partial charge in [-0.2, -0.15) is 4.99 Å². The highest BCUT2D eigenvalue weighted by molar-refractivity contribution is 7.22. The molecule has 0 unspecified atom stereocenters. The molecule has 3 aromatic carbocycles. The molecule has 0 fully saturated rings. The third kappa shape index (κ3) is 7.45. The highest BCUT2D eigenvalue weighted by atomic mass is 32.1. The largest absolute Gasteiger partial charge is 0.573 e. The molecular weight excluding hydrogens is 595 g/mol. The summed E-state index contributed by atoms with van der Waals surface area (Å²) in [4.78, 5) is 35.2. The summed E-state index contributed by atoms with van der Waals surface area (Å²) < 4.78 is 43.0. The lowest BCUT2D eigenvalue weighted by atomic mass is 9.93. The van der Waals surface area contributed by atoms with Crippen molar-refractivity contribution in [2.45, 2.75) is 38.6 Å². The maximum absolute atomic E-state index is 13.7. The number of nitrogens with one attached hydrogen (secondary N) is 2. The van der Waals surface area contributed by atoms with Gasteiger partial charge in [-0.05, 0) is 78.8 Å². The molecule has 0 saturated carbocycles. The van der Waals surface area contributed by atoms with Gasteiger partial charge in [0.15, 0.2) is 5.13 Å². The minimum atomic E-state index is -4.88. The second-order valence-electron chi connectivity index (χ2n) is 9.79. The molecule has 226 valence electrons. The summed E-state index contributed by atoms with van der Waals surface area (Å²) in [5.41, 5.74) is 16.2. The van der Waals surface area contributed by atoms with E-state index in [0.29, 0.717) is 11.3 Å². The Bertz CT molecular complexity index is 1750. The molecule has 1 aliphatic carbocycles. The number of anilines is 2. The lowest BCUT2D eigenvalue weighted by Crippen LogP contribution is -2.34. The minimum Gasteiger partial charge on any atom is -0.404 e. The van der Waals surface area contributed by atoms with Crippen molar-refractivity contribution in [3.05, 3.63) is 89.5 Å². The number of fused-ring (bicyclic) bond motifs is 1. The van der Waals surface area contributed by atoms with Crippen LogP contribution in [0, 0.1) is 5.53 Å². The zero-order valence-electron chi connectivity index (χ0n) is 23.1. The highest BCUT2D eigenvalue weighted by Gasteiger charge is 2.32. The summed E-state index contributed by atoms with van der Waals surface area (Å²) >= 11 is 0.861. The molecule has 5 rings (SSSR count). The number of halogens is 3. The number of rotatable bonds is 7. The summed E-state index contributed by atoms with van der Waals surface area (Å²) in [7, 11) is 0. The molecule has 10 nitrogen and oxygen atoms in total. The molecule has 0 atom stereocenters. The molecule has 0 radical (unpaired) electrons. The fraction of sp³-hybridized carbons (Fsp3) is 0.200. The quantitative estimate of drug-likeness (QED) is 0.109. The van der Waals surface area contributed by atoms with Crippen LogP contribution in [0.5, 0.6) is 5.75 Å². The second kappa shape index (κ2) is 13.0. The Labute approximate surface area is 253 Å². The number of guanidine groups is 1. The number of nitrogens with two attached hydrogens (primary N) is 1.